The van der Waals surface area contributed by atoms with Crippen LogP contribution in [0.2, 0.25) is 0 Å². The van der Waals surface area contributed by atoms with Crippen LogP contribution in [-0.2, 0) is 6.54 Å². The largest absolute Gasteiger partial charge is 0.298 e. The van der Waals surface area contributed by atoms with Crippen LogP contribution in [0.15, 0.2) is 30.6 Å². The summed E-state index contributed by atoms with van der Waals surface area (Å²) in [7, 11) is 0. The molecule has 0 spiro atoms. The molecule has 0 atom stereocenters. The predicted octanol–water partition coefficient (Wildman–Crippen LogP) is 2.66. The summed E-state index contributed by atoms with van der Waals surface area (Å²) in [5, 5.41) is 5.22. The molecule has 0 unspecified atom stereocenters. The number of carbonyl (C=O) groups is 1. The zero-order valence-corrected chi connectivity index (χ0v) is 10.6. The molecule has 0 amide bonds. The second-order valence-electron chi connectivity index (χ2n) is 4.11. The molecule has 5 heteroatoms. The normalized spacial score (nSPS) is 10.9. The maximum atomic E-state index is 10.7. The number of fused-ring (bicyclic) bond motifs is 1. The molecule has 18 heavy (non-hydrogen) atoms. The highest BCUT2D eigenvalue weighted by Gasteiger charge is 2.06. The quantitative estimate of drug-likeness (QED) is 0.678. The van der Waals surface area contributed by atoms with E-state index in [2.05, 4.69) is 29.1 Å². The van der Waals surface area contributed by atoms with Gasteiger partial charge in [-0.3, -0.25) is 4.79 Å². The number of aldehydes is 1. The average Bonchev–Trinajstić information content (AvgIpc) is 2.96. The summed E-state index contributed by atoms with van der Waals surface area (Å²) < 4.78 is 1.86. The summed E-state index contributed by atoms with van der Waals surface area (Å²) in [6.45, 7) is 2.80. The Morgan fingerprint density at radius 1 is 1.39 bits per heavy atom. The Morgan fingerprint density at radius 3 is 3.00 bits per heavy atom. The second-order valence-corrected chi connectivity index (χ2v) is 5.49. The van der Waals surface area contributed by atoms with Gasteiger partial charge in [0, 0.05) is 26.9 Å². The maximum absolute atomic E-state index is 10.7. The van der Waals surface area contributed by atoms with Crippen LogP contribution in [0, 0.1) is 6.92 Å². The van der Waals surface area contributed by atoms with Gasteiger partial charge in [0.2, 0.25) is 0 Å². The predicted molar refractivity (Wildman–Crippen MR) is 71.1 cm³/mol. The van der Waals surface area contributed by atoms with Crippen LogP contribution < -0.4 is 0 Å². The first-order valence-electron chi connectivity index (χ1n) is 5.58. The van der Waals surface area contributed by atoms with Gasteiger partial charge in [-0.2, -0.15) is 5.10 Å². The van der Waals surface area contributed by atoms with Crippen LogP contribution >= 0.6 is 11.3 Å². The van der Waals surface area contributed by atoms with Gasteiger partial charge >= 0.3 is 0 Å². The van der Waals surface area contributed by atoms with Crippen molar-refractivity contribution in [2.75, 3.05) is 0 Å². The van der Waals surface area contributed by atoms with Crippen molar-refractivity contribution < 1.29 is 4.79 Å². The molecule has 3 aromatic rings. The molecule has 0 aliphatic heterocycles. The standard InChI is InChI=1S/C13H11N3OS/c1-9-2-3-12(18-9)7-16-13-11(6-15-16)4-10(8-17)5-14-13/h2-6,8H,7H2,1H3. The highest BCUT2D eigenvalue weighted by molar-refractivity contribution is 7.11. The Hall–Kier alpha value is -2.01. The molecule has 0 saturated heterocycles. The van der Waals surface area contributed by atoms with Gasteiger partial charge in [0.25, 0.3) is 0 Å². The number of pyridine rings is 1. The molecule has 0 aromatic carbocycles. The van der Waals surface area contributed by atoms with Gasteiger partial charge in [0.1, 0.15) is 0 Å². The van der Waals surface area contributed by atoms with E-state index in [0.717, 1.165) is 23.9 Å². The fraction of sp³-hybridized carbons (Fsp3) is 0.154. The van der Waals surface area contributed by atoms with Crippen LogP contribution in [0.5, 0.6) is 0 Å². The van der Waals surface area contributed by atoms with Crippen LogP contribution in [0.4, 0.5) is 0 Å². The average molecular weight is 257 g/mol. The van der Waals surface area contributed by atoms with Crippen molar-refractivity contribution >= 4 is 28.7 Å². The molecule has 3 heterocycles. The lowest BCUT2D eigenvalue weighted by molar-refractivity contribution is 0.112. The lowest BCUT2D eigenvalue weighted by Crippen LogP contribution is -2.00. The van der Waals surface area contributed by atoms with Gasteiger partial charge in [-0.25, -0.2) is 9.67 Å². The summed E-state index contributed by atoms with van der Waals surface area (Å²) in [6, 6.07) is 6.01. The van der Waals surface area contributed by atoms with Gasteiger partial charge in [-0.15, -0.1) is 11.3 Å². The minimum absolute atomic E-state index is 0.578. The van der Waals surface area contributed by atoms with E-state index in [9.17, 15) is 4.79 Å². The van der Waals surface area contributed by atoms with Gasteiger partial charge in [-0.1, -0.05) is 0 Å². The third kappa shape index (κ3) is 1.93. The zero-order valence-electron chi connectivity index (χ0n) is 9.83. The molecule has 90 valence electrons. The Morgan fingerprint density at radius 2 is 2.28 bits per heavy atom. The molecule has 0 aliphatic carbocycles. The molecule has 0 radical (unpaired) electrons. The molecular formula is C13H11N3OS. The van der Waals surface area contributed by atoms with E-state index >= 15 is 0 Å². The SMILES string of the molecule is Cc1ccc(Cn2ncc3cc(C=O)cnc32)s1. The Kier molecular flexibility index (Phi) is 2.68. The molecule has 3 rings (SSSR count). The van der Waals surface area contributed by atoms with Crippen molar-refractivity contribution in [1.29, 1.82) is 0 Å². The zero-order chi connectivity index (χ0) is 12.5. The van der Waals surface area contributed by atoms with Crippen molar-refractivity contribution in [2.24, 2.45) is 0 Å². The van der Waals surface area contributed by atoms with E-state index in [4.69, 9.17) is 0 Å². The van der Waals surface area contributed by atoms with Gasteiger partial charge in [0.05, 0.1) is 12.7 Å². The number of nitrogens with zero attached hydrogens (tertiary/aromatic N) is 3. The van der Waals surface area contributed by atoms with E-state index < -0.39 is 0 Å². The number of thiophene rings is 1. The summed E-state index contributed by atoms with van der Waals surface area (Å²) in [6.07, 6.45) is 4.12. The number of carbonyl (C=O) groups excluding carboxylic acids is 1. The number of aromatic nitrogens is 3. The first-order chi connectivity index (χ1) is 8.76. The molecule has 0 saturated carbocycles. The number of hydrogen-bond acceptors (Lipinski definition) is 4. The van der Waals surface area contributed by atoms with Gasteiger partial charge < -0.3 is 0 Å². The number of aryl methyl sites for hydroxylation is 1. The highest BCUT2D eigenvalue weighted by atomic mass is 32.1. The molecule has 0 bridgehead atoms. The lowest BCUT2D eigenvalue weighted by Gasteiger charge is -2.00. The minimum Gasteiger partial charge on any atom is -0.298 e. The summed E-state index contributed by atoms with van der Waals surface area (Å²) in [5.74, 6) is 0. The molecule has 0 fully saturated rings. The summed E-state index contributed by atoms with van der Waals surface area (Å²) in [5.41, 5.74) is 1.39. The molecular weight excluding hydrogens is 246 g/mol. The summed E-state index contributed by atoms with van der Waals surface area (Å²) in [4.78, 5) is 17.5. The summed E-state index contributed by atoms with van der Waals surface area (Å²) >= 11 is 1.76. The van der Waals surface area contributed by atoms with E-state index in [1.54, 1.807) is 29.8 Å². The molecule has 4 nitrogen and oxygen atoms in total. The van der Waals surface area contributed by atoms with E-state index in [0.29, 0.717) is 5.56 Å². The van der Waals surface area contributed by atoms with Crippen LogP contribution in [0.1, 0.15) is 20.1 Å². The van der Waals surface area contributed by atoms with Crippen molar-refractivity contribution in [3.05, 3.63) is 45.9 Å². The highest BCUT2D eigenvalue weighted by Crippen LogP contribution is 2.18. The minimum atomic E-state index is 0.578. The van der Waals surface area contributed by atoms with E-state index in [-0.39, 0.29) is 0 Å². The first kappa shape index (κ1) is 11.1. The second kappa shape index (κ2) is 4.34. The van der Waals surface area contributed by atoms with Gasteiger partial charge in [-0.05, 0) is 25.1 Å². The number of hydrogen-bond donors (Lipinski definition) is 0. The van der Waals surface area contributed by atoms with E-state index in [1.807, 2.05) is 4.68 Å². The first-order valence-corrected chi connectivity index (χ1v) is 6.40. The van der Waals surface area contributed by atoms with Crippen LogP contribution in [-0.4, -0.2) is 21.1 Å². The van der Waals surface area contributed by atoms with Crippen molar-refractivity contribution in [2.45, 2.75) is 13.5 Å². The van der Waals surface area contributed by atoms with Crippen molar-refractivity contribution in [3.8, 4) is 0 Å². The van der Waals surface area contributed by atoms with Crippen molar-refractivity contribution in [1.82, 2.24) is 14.8 Å². The Bertz CT molecular complexity index is 714. The Labute approximate surface area is 108 Å². The topological polar surface area (TPSA) is 47.8 Å². The van der Waals surface area contributed by atoms with Gasteiger partial charge in [0.15, 0.2) is 11.9 Å². The van der Waals surface area contributed by atoms with Crippen LogP contribution in [0.3, 0.4) is 0 Å². The van der Waals surface area contributed by atoms with Crippen LogP contribution in [0.25, 0.3) is 11.0 Å². The number of rotatable bonds is 3. The maximum Gasteiger partial charge on any atom is 0.158 e. The smallest absolute Gasteiger partial charge is 0.158 e. The Balaban J connectivity index is 2.00. The third-order valence-electron chi connectivity index (χ3n) is 2.73. The van der Waals surface area contributed by atoms with E-state index in [1.165, 1.54) is 9.75 Å². The molecule has 0 N–H and O–H groups in total. The van der Waals surface area contributed by atoms with Crippen molar-refractivity contribution in [3.63, 3.8) is 0 Å². The third-order valence-corrected chi connectivity index (χ3v) is 3.72. The lowest BCUT2D eigenvalue weighted by atomic mass is 10.2. The monoisotopic (exact) mass is 257 g/mol. The fourth-order valence-corrected chi connectivity index (χ4v) is 2.76. The molecule has 3 aromatic heterocycles. The fourth-order valence-electron chi connectivity index (χ4n) is 1.89. The molecule has 0 aliphatic rings.